The lowest BCUT2D eigenvalue weighted by Crippen LogP contribution is -2.20. The lowest BCUT2D eigenvalue weighted by atomic mass is 10.1. The van der Waals surface area contributed by atoms with E-state index >= 15 is 0 Å². The van der Waals surface area contributed by atoms with Gasteiger partial charge in [-0.15, -0.1) is 0 Å². The number of H-pyrrole nitrogens is 1. The van der Waals surface area contributed by atoms with E-state index in [1.54, 1.807) is 17.2 Å². The first-order valence-electron chi connectivity index (χ1n) is 5.75. The fourth-order valence-corrected chi connectivity index (χ4v) is 2.04. The molecule has 18 heavy (non-hydrogen) atoms. The average Bonchev–Trinajstić information content (AvgIpc) is 2.74. The molecule has 2 aromatic rings. The predicted octanol–water partition coefficient (Wildman–Crippen LogP) is 0.394. The third kappa shape index (κ3) is 1.83. The van der Waals surface area contributed by atoms with E-state index in [2.05, 4.69) is 15.0 Å². The summed E-state index contributed by atoms with van der Waals surface area (Å²) in [7, 11) is 0. The molecular formula is C11H13N5O2. The van der Waals surface area contributed by atoms with Gasteiger partial charge in [-0.25, -0.2) is 4.98 Å². The van der Waals surface area contributed by atoms with Crippen LogP contribution < -0.4 is 11.3 Å². The number of nitrogens with two attached hydrogens (primary N) is 1. The summed E-state index contributed by atoms with van der Waals surface area (Å²) in [4.78, 5) is 22.2. The van der Waals surface area contributed by atoms with Crippen LogP contribution in [0.4, 0.5) is 5.95 Å². The Bertz CT molecular complexity index is 657. The van der Waals surface area contributed by atoms with Crippen molar-refractivity contribution in [2.45, 2.75) is 25.5 Å². The SMILES string of the molecule is Nc1nc2c(ncn2CC2CCC=CO2)c(=O)[nH]1. The molecule has 0 aliphatic carbocycles. The zero-order chi connectivity index (χ0) is 12.5. The molecule has 1 atom stereocenters. The number of hydrogen-bond donors (Lipinski definition) is 2. The highest BCUT2D eigenvalue weighted by Gasteiger charge is 2.15. The van der Waals surface area contributed by atoms with Gasteiger partial charge in [-0.1, -0.05) is 0 Å². The van der Waals surface area contributed by atoms with Crippen LogP contribution in [-0.2, 0) is 11.3 Å². The van der Waals surface area contributed by atoms with E-state index in [4.69, 9.17) is 10.5 Å². The first-order valence-corrected chi connectivity index (χ1v) is 5.75. The largest absolute Gasteiger partial charge is 0.496 e. The van der Waals surface area contributed by atoms with E-state index < -0.39 is 0 Å². The molecule has 0 radical (unpaired) electrons. The summed E-state index contributed by atoms with van der Waals surface area (Å²) in [6, 6.07) is 0. The quantitative estimate of drug-likeness (QED) is 0.800. The molecule has 1 unspecified atom stereocenters. The Balaban J connectivity index is 1.97. The molecule has 0 amide bonds. The third-order valence-corrected chi connectivity index (χ3v) is 2.92. The lowest BCUT2D eigenvalue weighted by Gasteiger charge is -2.19. The molecule has 0 bridgehead atoms. The first kappa shape index (κ1) is 10.8. The summed E-state index contributed by atoms with van der Waals surface area (Å²) in [5.74, 6) is 0.0960. The molecule has 94 valence electrons. The molecule has 7 heteroatoms. The summed E-state index contributed by atoms with van der Waals surface area (Å²) in [6.07, 6.45) is 7.30. The molecular weight excluding hydrogens is 234 g/mol. The molecule has 3 heterocycles. The van der Waals surface area contributed by atoms with Crippen LogP contribution in [0.1, 0.15) is 12.8 Å². The van der Waals surface area contributed by atoms with Crippen LogP contribution in [-0.4, -0.2) is 25.6 Å². The Morgan fingerprint density at radius 3 is 3.28 bits per heavy atom. The molecule has 0 fully saturated rings. The Labute approximate surface area is 102 Å². The number of hydrogen-bond acceptors (Lipinski definition) is 5. The first-order chi connectivity index (χ1) is 8.74. The van der Waals surface area contributed by atoms with Crippen molar-refractivity contribution in [1.29, 1.82) is 0 Å². The van der Waals surface area contributed by atoms with Crippen molar-refractivity contribution < 1.29 is 4.74 Å². The van der Waals surface area contributed by atoms with Crippen molar-refractivity contribution in [2.24, 2.45) is 0 Å². The molecule has 0 saturated heterocycles. The van der Waals surface area contributed by atoms with Gasteiger partial charge in [0.05, 0.1) is 19.1 Å². The monoisotopic (exact) mass is 247 g/mol. The van der Waals surface area contributed by atoms with Gasteiger partial charge in [-0.2, -0.15) is 4.98 Å². The minimum atomic E-state index is -0.319. The van der Waals surface area contributed by atoms with E-state index in [-0.39, 0.29) is 17.6 Å². The summed E-state index contributed by atoms with van der Waals surface area (Å²) < 4.78 is 7.28. The van der Waals surface area contributed by atoms with Crippen LogP contribution in [0, 0.1) is 0 Å². The minimum Gasteiger partial charge on any atom is -0.496 e. The molecule has 2 aromatic heterocycles. The van der Waals surface area contributed by atoms with Crippen molar-refractivity contribution in [1.82, 2.24) is 19.5 Å². The van der Waals surface area contributed by atoms with Gasteiger partial charge in [-0.3, -0.25) is 9.78 Å². The minimum absolute atomic E-state index is 0.0784. The predicted molar refractivity (Wildman–Crippen MR) is 65.8 cm³/mol. The van der Waals surface area contributed by atoms with E-state index in [9.17, 15) is 4.79 Å². The van der Waals surface area contributed by atoms with Crippen molar-refractivity contribution >= 4 is 17.1 Å². The summed E-state index contributed by atoms with van der Waals surface area (Å²) >= 11 is 0. The van der Waals surface area contributed by atoms with Gasteiger partial charge in [0.15, 0.2) is 11.2 Å². The van der Waals surface area contributed by atoms with Crippen molar-refractivity contribution in [3.8, 4) is 0 Å². The van der Waals surface area contributed by atoms with E-state index in [1.165, 1.54) is 0 Å². The zero-order valence-electron chi connectivity index (χ0n) is 9.67. The maximum absolute atomic E-state index is 11.6. The number of aromatic amines is 1. The normalized spacial score (nSPS) is 19.0. The van der Waals surface area contributed by atoms with Crippen LogP contribution in [0.15, 0.2) is 23.5 Å². The Morgan fingerprint density at radius 1 is 1.61 bits per heavy atom. The molecule has 3 N–H and O–H groups in total. The fourth-order valence-electron chi connectivity index (χ4n) is 2.04. The van der Waals surface area contributed by atoms with Crippen LogP contribution in [0.2, 0.25) is 0 Å². The van der Waals surface area contributed by atoms with E-state index in [0.717, 1.165) is 12.8 Å². The van der Waals surface area contributed by atoms with Crippen LogP contribution in [0.3, 0.4) is 0 Å². The number of imidazole rings is 1. The van der Waals surface area contributed by atoms with Gasteiger partial charge in [0.1, 0.15) is 6.10 Å². The lowest BCUT2D eigenvalue weighted by molar-refractivity contribution is 0.108. The number of aromatic nitrogens is 4. The van der Waals surface area contributed by atoms with Crippen molar-refractivity contribution in [2.75, 3.05) is 5.73 Å². The van der Waals surface area contributed by atoms with Crippen LogP contribution >= 0.6 is 0 Å². The molecule has 0 saturated carbocycles. The molecule has 1 aliphatic rings. The Hall–Kier alpha value is -2.31. The van der Waals surface area contributed by atoms with Crippen molar-refractivity contribution in [3.63, 3.8) is 0 Å². The highest BCUT2D eigenvalue weighted by atomic mass is 16.5. The molecule has 0 aromatic carbocycles. The third-order valence-electron chi connectivity index (χ3n) is 2.92. The average molecular weight is 247 g/mol. The van der Waals surface area contributed by atoms with Gasteiger partial charge in [0.2, 0.25) is 5.95 Å². The standard InChI is InChI=1S/C11H13N5O2/c12-11-14-9-8(10(17)15-11)13-6-16(9)5-7-3-1-2-4-18-7/h2,4,6-7H,1,3,5H2,(H3,12,14,15,17). The highest BCUT2D eigenvalue weighted by Crippen LogP contribution is 2.14. The number of nitrogens with one attached hydrogen (secondary N) is 1. The number of fused-ring (bicyclic) bond motifs is 1. The van der Waals surface area contributed by atoms with E-state index in [0.29, 0.717) is 17.7 Å². The summed E-state index contributed by atoms with van der Waals surface area (Å²) in [6.45, 7) is 0.608. The Morgan fingerprint density at radius 2 is 2.50 bits per heavy atom. The van der Waals surface area contributed by atoms with Gasteiger partial charge in [0.25, 0.3) is 5.56 Å². The number of nitrogens with zero attached hydrogens (tertiary/aromatic N) is 3. The Kier molecular flexibility index (Phi) is 2.51. The second-order valence-corrected chi connectivity index (χ2v) is 4.23. The van der Waals surface area contributed by atoms with E-state index in [1.807, 2.05) is 6.08 Å². The number of ether oxygens (including phenoxy) is 1. The molecule has 7 nitrogen and oxygen atoms in total. The highest BCUT2D eigenvalue weighted by molar-refractivity contribution is 5.70. The number of allylic oxidation sites excluding steroid dienone is 1. The number of nitrogen functional groups attached to an aromatic ring is 1. The maximum atomic E-state index is 11.6. The zero-order valence-corrected chi connectivity index (χ0v) is 9.67. The van der Waals surface area contributed by atoms with Gasteiger partial charge in [0, 0.05) is 0 Å². The molecule has 3 rings (SSSR count). The molecule has 1 aliphatic heterocycles. The second-order valence-electron chi connectivity index (χ2n) is 4.23. The number of anilines is 1. The summed E-state index contributed by atoms with van der Waals surface area (Å²) in [5, 5.41) is 0. The van der Waals surface area contributed by atoms with Gasteiger partial charge < -0.3 is 15.0 Å². The summed E-state index contributed by atoms with van der Waals surface area (Å²) in [5.41, 5.74) is 6.01. The van der Waals surface area contributed by atoms with Crippen molar-refractivity contribution in [3.05, 3.63) is 29.0 Å². The van der Waals surface area contributed by atoms with Crippen LogP contribution in [0.25, 0.3) is 11.2 Å². The maximum Gasteiger partial charge on any atom is 0.280 e. The fraction of sp³-hybridized carbons (Fsp3) is 0.364. The molecule has 0 spiro atoms. The smallest absolute Gasteiger partial charge is 0.280 e. The number of rotatable bonds is 2. The topological polar surface area (TPSA) is 98.8 Å². The van der Waals surface area contributed by atoms with Crippen LogP contribution in [0.5, 0.6) is 0 Å². The van der Waals surface area contributed by atoms with Gasteiger partial charge >= 0.3 is 0 Å². The van der Waals surface area contributed by atoms with Gasteiger partial charge in [-0.05, 0) is 18.9 Å². The second kappa shape index (κ2) is 4.17.